The molecule has 0 radical (unpaired) electrons. The highest BCUT2D eigenvalue weighted by molar-refractivity contribution is 5.86. The molecule has 0 heterocycles. The molecule has 3 unspecified atom stereocenters. The first-order valence-electron chi connectivity index (χ1n) is 7.58. The smallest absolute Gasteiger partial charge is 0.240 e. The molecule has 106 valence electrons. The van der Waals surface area contributed by atoms with Crippen molar-refractivity contribution >= 4 is 5.91 Å². The first-order valence-corrected chi connectivity index (χ1v) is 7.58. The third kappa shape index (κ3) is 4.60. The summed E-state index contributed by atoms with van der Waals surface area (Å²) in [4.78, 5) is 12.3. The van der Waals surface area contributed by atoms with Gasteiger partial charge in [0.2, 0.25) is 5.91 Å². The van der Waals surface area contributed by atoms with Gasteiger partial charge in [-0.3, -0.25) is 4.79 Å². The normalized spacial score (nSPS) is 29.9. The van der Waals surface area contributed by atoms with Crippen LogP contribution in [0.4, 0.5) is 0 Å². The van der Waals surface area contributed by atoms with Crippen LogP contribution in [0.5, 0.6) is 0 Å². The maximum absolute atomic E-state index is 12.3. The Morgan fingerprint density at radius 3 is 2.83 bits per heavy atom. The standard InChI is InChI=1S/C15H30N2O/c1-4-5-6-9-13(3)17-14(18)15(16)10-7-8-12(2)11-15/h12-13H,4-11,16H2,1-3H3,(H,17,18). The third-order valence-corrected chi connectivity index (χ3v) is 4.10. The number of nitrogens with two attached hydrogens (primary N) is 1. The molecule has 1 fully saturated rings. The number of unbranched alkanes of at least 4 members (excludes halogenated alkanes) is 2. The quantitative estimate of drug-likeness (QED) is 0.716. The lowest BCUT2D eigenvalue weighted by atomic mass is 9.76. The zero-order chi connectivity index (χ0) is 13.6. The van der Waals surface area contributed by atoms with Gasteiger partial charge in [-0.05, 0) is 32.1 Å². The van der Waals surface area contributed by atoms with Gasteiger partial charge in [0.15, 0.2) is 0 Å². The van der Waals surface area contributed by atoms with Gasteiger partial charge in [0.25, 0.3) is 0 Å². The van der Waals surface area contributed by atoms with Crippen molar-refractivity contribution in [3.05, 3.63) is 0 Å². The molecule has 1 aliphatic rings. The number of hydrogen-bond donors (Lipinski definition) is 2. The van der Waals surface area contributed by atoms with Crippen LogP contribution in [0.15, 0.2) is 0 Å². The van der Waals surface area contributed by atoms with E-state index in [2.05, 4.69) is 26.1 Å². The minimum atomic E-state index is -0.614. The molecular formula is C15H30N2O. The lowest BCUT2D eigenvalue weighted by Gasteiger charge is -2.36. The number of rotatable bonds is 6. The van der Waals surface area contributed by atoms with Crippen LogP contribution in [0.3, 0.4) is 0 Å². The molecule has 3 N–H and O–H groups in total. The molecule has 0 bridgehead atoms. The Balaban J connectivity index is 2.38. The summed E-state index contributed by atoms with van der Waals surface area (Å²) in [6.45, 7) is 6.48. The Bertz CT molecular complexity index is 267. The van der Waals surface area contributed by atoms with Gasteiger partial charge in [-0.1, -0.05) is 46.0 Å². The fraction of sp³-hybridized carbons (Fsp3) is 0.933. The van der Waals surface area contributed by atoms with Crippen LogP contribution >= 0.6 is 0 Å². The average molecular weight is 254 g/mol. The topological polar surface area (TPSA) is 55.1 Å². The SMILES string of the molecule is CCCCCC(C)NC(=O)C1(N)CCCC(C)C1. The fourth-order valence-electron chi connectivity index (χ4n) is 2.94. The Labute approximate surface area is 112 Å². The summed E-state index contributed by atoms with van der Waals surface area (Å²) in [5.74, 6) is 0.642. The van der Waals surface area contributed by atoms with E-state index in [-0.39, 0.29) is 11.9 Å². The summed E-state index contributed by atoms with van der Waals surface area (Å²) in [5, 5.41) is 3.11. The largest absolute Gasteiger partial charge is 0.352 e. The molecule has 3 nitrogen and oxygen atoms in total. The van der Waals surface area contributed by atoms with Crippen LogP contribution < -0.4 is 11.1 Å². The molecule has 1 rings (SSSR count). The molecule has 3 heteroatoms. The highest BCUT2D eigenvalue weighted by atomic mass is 16.2. The molecule has 0 aromatic carbocycles. The minimum absolute atomic E-state index is 0.0676. The van der Waals surface area contributed by atoms with Crippen LogP contribution in [0.1, 0.15) is 72.1 Å². The van der Waals surface area contributed by atoms with Gasteiger partial charge in [0.1, 0.15) is 0 Å². The summed E-state index contributed by atoms with van der Waals surface area (Å²) >= 11 is 0. The van der Waals surface area contributed by atoms with Crippen LogP contribution in [0.2, 0.25) is 0 Å². The molecule has 0 spiro atoms. The summed E-state index contributed by atoms with van der Waals surface area (Å²) in [7, 11) is 0. The van der Waals surface area contributed by atoms with E-state index in [1.807, 2.05) is 0 Å². The van der Waals surface area contributed by atoms with E-state index >= 15 is 0 Å². The lowest BCUT2D eigenvalue weighted by Crippen LogP contribution is -2.57. The molecule has 0 saturated heterocycles. The van der Waals surface area contributed by atoms with Gasteiger partial charge in [-0.2, -0.15) is 0 Å². The molecule has 0 aliphatic heterocycles. The molecule has 0 aromatic heterocycles. The monoisotopic (exact) mass is 254 g/mol. The molecule has 1 saturated carbocycles. The zero-order valence-electron chi connectivity index (χ0n) is 12.3. The number of hydrogen-bond acceptors (Lipinski definition) is 2. The van der Waals surface area contributed by atoms with E-state index in [1.54, 1.807) is 0 Å². The number of carbonyl (C=O) groups is 1. The maximum Gasteiger partial charge on any atom is 0.240 e. The van der Waals surface area contributed by atoms with Crippen LogP contribution in [-0.4, -0.2) is 17.5 Å². The van der Waals surface area contributed by atoms with Crippen molar-refractivity contribution in [1.82, 2.24) is 5.32 Å². The van der Waals surface area contributed by atoms with E-state index in [4.69, 9.17) is 5.73 Å². The van der Waals surface area contributed by atoms with Crippen molar-refractivity contribution in [1.29, 1.82) is 0 Å². The van der Waals surface area contributed by atoms with Gasteiger partial charge < -0.3 is 11.1 Å². The lowest BCUT2D eigenvalue weighted by molar-refractivity contribution is -0.128. The van der Waals surface area contributed by atoms with Crippen LogP contribution in [-0.2, 0) is 4.79 Å². The van der Waals surface area contributed by atoms with Gasteiger partial charge in [0, 0.05) is 6.04 Å². The van der Waals surface area contributed by atoms with Crippen molar-refractivity contribution in [2.24, 2.45) is 11.7 Å². The maximum atomic E-state index is 12.3. The Kier molecular flexibility index (Phi) is 6.13. The average Bonchev–Trinajstić information content (AvgIpc) is 2.29. The second-order valence-electron chi connectivity index (χ2n) is 6.23. The highest BCUT2D eigenvalue weighted by Gasteiger charge is 2.38. The van der Waals surface area contributed by atoms with Crippen molar-refractivity contribution in [3.8, 4) is 0 Å². The third-order valence-electron chi connectivity index (χ3n) is 4.10. The van der Waals surface area contributed by atoms with Crippen molar-refractivity contribution in [3.63, 3.8) is 0 Å². The first-order chi connectivity index (χ1) is 8.48. The molecule has 1 amide bonds. The molecule has 0 aromatic rings. The predicted molar refractivity (Wildman–Crippen MR) is 76.3 cm³/mol. The van der Waals surface area contributed by atoms with Crippen molar-refractivity contribution in [2.75, 3.05) is 0 Å². The van der Waals surface area contributed by atoms with Gasteiger partial charge in [-0.25, -0.2) is 0 Å². The van der Waals surface area contributed by atoms with Gasteiger partial charge in [0.05, 0.1) is 5.54 Å². The zero-order valence-corrected chi connectivity index (χ0v) is 12.3. The summed E-state index contributed by atoms with van der Waals surface area (Å²) in [6, 6.07) is 0.252. The fourth-order valence-corrected chi connectivity index (χ4v) is 2.94. The molecule has 3 atom stereocenters. The highest BCUT2D eigenvalue weighted by Crippen LogP contribution is 2.30. The number of carbonyl (C=O) groups excluding carboxylic acids is 1. The van der Waals surface area contributed by atoms with Gasteiger partial charge >= 0.3 is 0 Å². The Morgan fingerprint density at radius 2 is 2.22 bits per heavy atom. The molecule has 1 aliphatic carbocycles. The minimum Gasteiger partial charge on any atom is -0.352 e. The van der Waals surface area contributed by atoms with E-state index in [9.17, 15) is 4.79 Å². The van der Waals surface area contributed by atoms with E-state index in [0.717, 1.165) is 25.7 Å². The predicted octanol–water partition coefficient (Wildman–Crippen LogP) is 2.98. The van der Waals surface area contributed by atoms with Gasteiger partial charge in [-0.15, -0.1) is 0 Å². The van der Waals surface area contributed by atoms with E-state index in [0.29, 0.717) is 5.92 Å². The summed E-state index contributed by atoms with van der Waals surface area (Å²) in [5.41, 5.74) is 5.67. The first kappa shape index (κ1) is 15.5. The van der Waals surface area contributed by atoms with E-state index in [1.165, 1.54) is 25.7 Å². The molecule has 18 heavy (non-hydrogen) atoms. The Morgan fingerprint density at radius 1 is 1.50 bits per heavy atom. The number of nitrogens with one attached hydrogen (secondary N) is 1. The van der Waals surface area contributed by atoms with E-state index < -0.39 is 5.54 Å². The van der Waals surface area contributed by atoms with Crippen LogP contribution in [0, 0.1) is 5.92 Å². The van der Waals surface area contributed by atoms with Crippen molar-refractivity contribution in [2.45, 2.75) is 83.7 Å². The van der Waals surface area contributed by atoms with Crippen molar-refractivity contribution < 1.29 is 4.79 Å². The summed E-state index contributed by atoms with van der Waals surface area (Å²) in [6.07, 6.45) is 8.67. The summed E-state index contributed by atoms with van der Waals surface area (Å²) < 4.78 is 0. The second kappa shape index (κ2) is 7.13. The second-order valence-corrected chi connectivity index (χ2v) is 6.23. The number of amides is 1. The Hall–Kier alpha value is -0.570. The van der Waals surface area contributed by atoms with Crippen LogP contribution in [0.25, 0.3) is 0 Å². The molecular weight excluding hydrogens is 224 g/mol.